The molecule has 4 N–H and O–H groups in total. The van der Waals surface area contributed by atoms with E-state index in [1.807, 2.05) is 18.2 Å². The predicted octanol–water partition coefficient (Wildman–Crippen LogP) is 2.71. The predicted molar refractivity (Wildman–Crippen MR) is 115 cm³/mol. The minimum Gasteiger partial charge on any atom is -0.481 e. The highest BCUT2D eigenvalue weighted by molar-refractivity contribution is 8.18. The van der Waals surface area contributed by atoms with Gasteiger partial charge in [0.15, 0.2) is 10.3 Å². The number of thioether (sulfide) groups is 1. The molecule has 152 valence electrons. The molecule has 1 aliphatic heterocycles. The van der Waals surface area contributed by atoms with Gasteiger partial charge in [-0.05, 0) is 36.0 Å². The van der Waals surface area contributed by atoms with Gasteiger partial charge in [-0.15, -0.1) is 0 Å². The molecule has 0 atom stereocenters. The Kier molecular flexibility index (Phi) is 5.59. The maximum atomic E-state index is 12.2. The molecular weight excluding hydrogens is 428 g/mol. The van der Waals surface area contributed by atoms with Crippen molar-refractivity contribution >= 4 is 73.8 Å². The monoisotopic (exact) mass is 442 g/mol. The molecule has 30 heavy (non-hydrogen) atoms. The van der Waals surface area contributed by atoms with E-state index in [0.29, 0.717) is 25.8 Å². The van der Waals surface area contributed by atoms with E-state index < -0.39 is 11.9 Å². The Morgan fingerprint density at radius 3 is 2.97 bits per heavy atom. The summed E-state index contributed by atoms with van der Waals surface area (Å²) in [5, 5.41) is 22.5. The Morgan fingerprint density at radius 2 is 2.13 bits per heavy atom. The van der Waals surface area contributed by atoms with E-state index in [2.05, 4.69) is 30.8 Å². The van der Waals surface area contributed by atoms with Crippen molar-refractivity contribution in [1.29, 1.82) is 0 Å². The van der Waals surface area contributed by atoms with Crippen LogP contribution in [0.2, 0.25) is 0 Å². The second-order valence-corrected chi connectivity index (χ2v) is 8.23. The van der Waals surface area contributed by atoms with Crippen LogP contribution in [-0.4, -0.2) is 43.2 Å². The number of carbonyl (C=O) groups excluding carboxylic acids is 2. The van der Waals surface area contributed by atoms with E-state index >= 15 is 0 Å². The first-order valence-electron chi connectivity index (χ1n) is 8.66. The van der Waals surface area contributed by atoms with Gasteiger partial charge in [-0.3, -0.25) is 19.5 Å². The van der Waals surface area contributed by atoms with E-state index in [0.717, 1.165) is 10.9 Å². The molecule has 1 aromatic carbocycles. The van der Waals surface area contributed by atoms with E-state index in [1.54, 1.807) is 12.3 Å². The lowest BCUT2D eigenvalue weighted by atomic mass is 10.2. The van der Waals surface area contributed by atoms with Gasteiger partial charge in [0.1, 0.15) is 0 Å². The molecule has 4 rings (SSSR count). The van der Waals surface area contributed by atoms with Gasteiger partial charge >= 0.3 is 5.97 Å². The molecule has 0 unspecified atom stereocenters. The topological polar surface area (TPSA) is 149 Å². The van der Waals surface area contributed by atoms with Crippen molar-refractivity contribution in [2.45, 2.75) is 12.8 Å². The average molecular weight is 442 g/mol. The van der Waals surface area contributed by atoms with Gasteiger partial charge in [0.2, 0.25) is 5.91 Å². The molecule has 3 heterocycles. The number of carboxylic acids is 1. The second-order valence-electron chi connectivity index (χ2n) is 6.13. The fourth-order valence-corrected chi connectivity index (χ4v) is 4.22. The SMILES string of the molecule is O=C(O)CCC(=O)Nc1ncc(/C=C2\SC(=Nc3ccc4cn[nH]c4c3)NC2=O)s1. The van der Waals surface area contributed by atoms with E-state index in [1.165, 1.54) is 29.3 Å². The number of aromatic amines is 1. The van der Waals surface area contributed by atoms with Crippen LogP contribution >= 0.6 is 23.1 Å². The standard InChI is InChI=1S/C18H14N6O4S2/c25-14(3-4-15(26)27)22-17-19-8-11(29-17)6-13-16(28)23-18(30-13)21-10-2-1-9-7-20-24-12(9)5-10/h1-2,5-8H,3-4H2,(H,20,24)(H,26,27)(H,19,22,25)(H,21,23,28)/b13-6-. The molecule has 2 aromatic heterocycles. The number of amidine groups is 1. The van der Waals surface area contributed by atoms with Crippen LogP contribution in [0.25, 0.3) is 17.0 Å². The number of aromatic nitrogens is 3. The Bertz CT molecular complexity index is 1210. The van der Waals surface area contributed by atoms with Gasteiger partial charge in [0.05, 0.1) is 33.6 Å². The number of carbonyl (C=O) groups is 3. The number of hydrogen-bond acceptors (Lipinski definition) is 8. The zero-order valence-electron chi connectivity index (χ0n) is 15.2. The summed E-state index contributed by atoms with van der Waals surface area (Å²) in [6.45, 7) is 0. The number of nitrogens with one attached hydrogen (secondary N) is 3. The molecule has 1 saturated heterocycles. The number of carboxylic acid groups (broad SMARTS) is 1. The Balaban J connectivity index is 1.43. The third-order valence-electron chi connectivity index (χ3n) is 3.92. The maximum Gasteiger partial charge on any atom is 0.303 e. The molecule has 10 nitrogen and oxygen atoms in total. The van der Waals surface area contributed by atoms with Crippen LogP contribution in [0.15, 0.2) is 40.5 Å². The molecule has 0 saturated carbocycles. The van der Waals surface area contributed by atoms with Gasteiger partial charge in [-0.1, -0.05) is 11.3 Å². The van der Waals surface area contributed by atoms with Crippen LogP contribution in [0.1, 0.15) is 17.7 Å². The number of aliphatic carboxylic acids is 1. The van der Waals surface area contributed by atoms with Crippen LogP contribution in [0, 0.1) is 0 Å². The summed E-state index contributed by atoms with van der Waals surface area (Å²) in [5.74, 6) is -1.75. The summed E-state index contributed by atoms with van der Waals surface area (Å²) in [6.07, 6.45) is 4.52. The van der Waals surface area contributed by atoms with Crippen LogP contribution < -0.4 is 10.6 Å². The number of H-pyrrole nitrogens is 1. The summed E-state index contributed by atoms with van der Waals surface area (Å²) in [4.78, 5) is 44.1. The Hall–Kier alpha value is -3.51. The van der Waals surface area contributed by atoms with Gasteiger partial charge < -0.3 is 15.7 Å². The fourth-order valence-electron chi connectivity index (χ4n) is 2.53. The quantitative estimate of drug-likeness (QED) is 0.429. The van der Waals surface area contributed by atoms with Gasteiger partial charge in [-0.2, -0.15) is 5.10 Å². The second kappa shape index (κ2) is 8.47. The molecule has 0 spiro atoms. The van der Waals surface area contributed by atoms with Crippen molar-refractivity contribution in [3.8, 4) is 0 Å². The molecule has 0 bridgehead atoms. The number of rotatable bonds is 6. The molecule has 0 aliphatic carbocycles. The molecule has 0 radical (unpaired) electrons. The first kappa shape index (κ1) is 19.8. The number of thiazole rings is 1. The minimum absolute atomic E-state index is 0.131. The number of benzene rings is 1. The first-order chi connectivity index (χ1) is 14.5. The normalized spacial score (nSPS) is 16.3. The van der Waals surface area contributed by atoms with Crippen LogP contribution in [-0.2, 0) is 14.4 Å². The lowest BCUT2D eigenvalue weighted by molar-refractivity contribution is -0.138. The Labute approximate surface area is 177 Å². The highest BCUT2D eigenvalue weighted by Crippen LogP contribution is 2.30. The molecule has 12 heteroatoms. The van der Waals surface area contributed by atoms with Crippen LogP contribution in [0.5, 0.6) is 0 Å². The zero-order chi connectivity index (χ0) is 21.1. The van der Waals surface area contributed by atoms with Gasteiger partial charge in [0.25, 0.3) is 5.91 Å². The zero-order valence-corrected chi connectivity index (χ0v) is 16.8. The average Bonchev–Trinajstić information content (AvgIpc) is 3.41. The third-order valence-corrected chi connectivity index (χ3v) is 5.69. The highest BCUT2D eigenvalue weighted by Gasteiger charge is 2.24. The third kappa shape index (κ3) is 4.72. The van der Waals surface area contributed by atoms with Crippen molar-refractivity contribution in [2.24, 2.45) is 4.99 Å². The smallest absolute Gasteiger partial charge is 0.303 e. The number of fused-ring (bicyclic) bond motifs is 1. The molecule has 1 aliphatic rings. The van der Waals surface area contributed by atoms with E-state index in [4.69, 9.17) is 5.11 Å². The maximum absolute atomic E-state index is 12.2. The lowest BCUT2D eigenvalue weighted by Crippen LogP contribution is -2.19. The van der Waals surface area contributed by atoms with Crippen LogP contribution in [0.3, 0.4) is 0 Å². The Morgan fingerprint density at radius 1 is 1.27 bits per heavy atom. The van der Waals surface area contributed by atoms with Crippen molar-refractivity contribution in [3.05, 3.63) is 40.4 Å². The van der Waals surface area contributed by atoms with E-state index in [-0.39, 0.29) is 18.7 Å². The summed E-state index contributed by atoms with van der Waals surface area (Å²) in [7, 11) is 0. The first-order valence-corrected chi connectivity index (χ1v) is 10.3. The van der Waals surface area contributed by atoms with Gasteiger partial charge in [0, 0.05) is 18.0 Å². The summed E-state index contributed by atoms with van der Waals surface area (Å²) < 4.78 is 0. The summed E-state index contributed by atoms with van der Waals surface area (Å²) in [6, 6.07) is 5.56. The number of aliphatic imine (C=N–C) groups is 1. The largest absolute Gasteiger partial charge is 0.481 e. The molecular formula is C18H14N6O4S2. The fraction of sp³-hybridized carbons (Fsp3) is 0.111. The number of amides is 2. The van der Waals surface area contributed by atoms with Crippen molar-refractivity contribution in [2.75, 3.05) is 5.32 Å². The number of anilines is 1. The lowest BCUT2D eigenvalue weighted by Gasteiger charge is -1.98. The highest BCUT2D eigenvalue weighted by atomic mass is 32.2. The molecule has 1 fully saturated rings. The molecule has 2 amide bonds. The van der Waals surface area contributed by atoms with E-state index in [9.17, 15) is 14.4 Å². The van der Waals surface area contributed by atoms with Crippen molar-refractivity contribution < 1.29 is 19.5 Å². The minimum atomic E-state index is -1.04. The van der Waals surface area contributed by atoms with Crippen molar-refractivity contribution in [1.82, 2.24) is 20.5 Å². The van der Waals surface area contributed by atoms with Crippen molar-refractivity contribution in [3.63, 3.8) is 0 Å². The summed E-state index contributed by atoms with van der Waals surface area (Å²) in [5.41, 5.74) is 1.53. The summed E-state index contributed by atoms with van der Waals surface area (Å²) >= 11 is 2.38. The molecule has 3 aromatic rings. The van der Waals surface area contributed by atoms with Crippen LogP contribution in [0.4, 0.5) is 10.8 Å². The number of nitrogens with zero attached hydrogens (tertiary/aromatic N) is 3. The number of hydrogen-bond donors (Lipinski definition) is 4. The van der Waals surface area contributed by atoms with Gasteiger partial charge in [-0.25, -0.2) is 9.98 Å².